The fourth-order valence-corrected chi connectivity index (χ4v) is 2.59. The van der Waals surface area contributed by atoms with E-state index in [1.54, 1.807) is 18.2 Å². The summed E-state index contributed by atoms with van der Waals surface area (Å²) in [7, 11) is 0. The molecule has 26 heavy (non-hydrogen) atoms. The minimum Gasteiger partial charge on any atom is -0.395 e. The van der Waals surface area contributed by atoms with Gasteiger partial charge in [-0.1, -0.05) is 6.07 Å². The minimum absolute atomic E-state index is 0.0223. The predicted molar refractivity (Wildman–Crippen MR) is 89.1 cm³/mol. The van der Waals surface area contributed by atoms with Gasteiger partial charge in [0.15, 0.2) is 11.0 Å². The van der Waals surface area contributed by atoms with Crippen LogP contribution in [0.1, 0.15) is 0 Å². The molecule has 0 saturated heterocycles. The third-order valence-electron chi connectivity index (χ3n) is 3.68. The molecule has 132 valence electrons. The topological polar surface area (TPSA) is 165 Å². The van der Waals surface area contributed by atoms with Gasteiger partial charge in [0, 0.05) is 6.54 Å². The number of benzene rings is 2. The van der Waals surface area contributed by atoms with Gasteiger partial charge in [-0.05, 0) is 38.8 Å². The zero-order valence-electron chi connectivity index (χ0n) is 13.0. The molecule has 0 unspecified atom stereocenters. The molecule has 12 nitrogen and oxygen atoms in total. The van der Waals surface area contributed by atoms with E-state index in [2.05, 4.69) is 31.3 Å². The minimum atomic E-state index is -0.585. The van der Waals surface area contributed by atoms with Crippen LogP contribution in [0, 0.1) is 10.1 Å². The molecular formula is C14H11N7O5. The molecule has 0 fully saturated rings. The smallest absolute Gasteiger partial charge is 0.323 e. The van der Waals surface area contributed by atoms with E-state index in [4.69, 9.17) is 14.4 Å². The number of aliphatic hydroxyl groups is 1. The summed E-state index contributed by atoms with van der Waals surface area (Å²) in [5.74, 6) is 0. The molecule has 4 rings (SSSR count). The average molecular weight is 357 g/mol. The van der Waals surface area contributed by atoms with Crippen LogP contribution >= 0.6 is 0 Å². The van der Waals surface area contributed by atoms with Gasteiger partial charge in [-0.25, -0.2) is 9.26 Å². The fraction of sp³-hybridized carbons (Fsp3) is 0.143. The first-order chi connectivity index (χ1) is 12.7. The van der Waals surface area contributed by atoms with Crippen molar-refractivity contribution in [3.8, 4) is 0 Å². The predicted octanol–water partition coefficient (Wildman–Crippen LogP) is 1.81. The zero-order valence-corrected chi connectivity index (χ0v) is 13.0. The Hall–Kier alpha value is -3.80. The van der Waals surface area contributed by atoms with Crippen molar-refractivity contribution in [2.75, 3.05) is 23.8 Å². The van der Waals surface area contributed by atoms with Gasteiger partial charge < -0.3 is 15.7 Å². The van der Waals surface area contributed by atoms with Gasteiger partial charge in [-0.2, -0.15) is 0 Å². The van der Waals surface area contributed by atoms with Crippen LogP contribution in [0.2, 0.25) is 0 Å². The van der Waals surface area contributed by atoms with E-state index in [-0.39, 0.29) is 35.6 Å². The molecule has 0 bridgehead atoms. The summed E-state index contributed by atoms with van der Waals surface area (Å²) in [6.07, 6.45) is 0. The number of hydrogen-bond donors (Lipinski definition) is 3. The highest BCUT2D eigenvalue weighted by Gasteiger charge is 2.26. The van der Waals surface area contributed by atoms with Gasteiger partial charge >= 0.3 is 5.69 Å². The quantitative estimate of drug-likeness (QED) is 0.340. The van der Waals surface area contributed by atoms with Crippen molar-refractivity contribution < 1.29 is 19.3 Å². The summed E-state index contributed by atoms with van der Waals surface area (Å²) in [5, 5.41) is 41.4. The molecule has 2 aromatic heterocycles. The summed E-state index contributed by atoms with van der Waals surface area (Å²) in [4.78, 5) is 10.9. The number of rotatable bonds is 6. The highest BCUT2D eigenvalue weighted by Crippen LogP contribution is 2.38. The molecule has 0 spiro atoms. The third-order valence-corrected chi connectivity index (χ3v) is 3.68. The van der Waals surface area contributed by atoms with E-state index in [1.807, 2.05) is 0 Å². The Morgan fingerprint density at radius 2 is 1.81 bits per heavy atom. The van der Waals surface area contributed by atoms with Crippen molar-refractivity contribution in [1.82, 2.24) is 20.6 Å². The molecule has 2 heterocycles. The van der Waals surface area contributed by atoms with Crippen molar-refractivity contribution in [1.29, 1.82) is 0 Å². The molecule has 0 aliphatic rings. The normalized spacial score (nSPS) is 11.1. The summed E-state index contributed by atoms with van der Waals surface area (Å²) < 4.78 is 9.43. The second-order valence-electron chi connectivity index (χ2n) is 5.25. The summed E-state index contributed by atoms with van der Waals surface area (Å²) >= 11 is 0. The van der Waals surface area contributed by atoms with Gasteiger partial charge in [-0.3, -0.25) is 10.1 Å². The molecule has 0 amide bonds. The lowest BCUT2D eigenvalue weighted by Crippen LogP contribution is -2.08. The van der Waals surface area contributed by atoms with Crippen molar-refractivity contribution in [3.05, 3.63) is 34.4 Å². The molecule has 3 N–H and O–H groups in total. The van der Waals surface area contributed by atoms with Gasteiger partial charge in [-0.15, -0.1) is 0 Å². The first kappa shape index (κ1) is 15.7. The molecule has 0 saturated carbocycles. The standard InChI is InChI=1S/C14H11N7O5/c22-5-4-15-10-6-9(12-13(20-26-19-12)14(10)21(23)24)16-7-2-1-3-8-11(7)18-25-17-8/h1-3,6,15-16,22H,4-5H2. The fourth-order valence-electron chi connectivity index (χ4n) is 2.59. The Balaban J connectivity index is 1.87. The van der Waals surface area contributed by atoms with Crippen LogP contribution in [0.15, 0.2) is 33.5 Å². The average Bonchev–Trinajstić information content (AvgIpc) is 3.29. The number of aliphatic hydroxyl groups excluding tert-OH is 1. The van der Waals surface area contributed by atoms with Gasteiger partial charge in [0.1, 0.15) is 11.2 Å². The highest BCUT2D eigenvalue weighted by molar-refractivity contribution is 6.02. The Morgan fingerprint density at radius 3 is 2.62 bits per heavy atom. The van der Waals surface area contributed by atoms with E-state index < -0.39 is 4.92 Å². The number of nitro benzene ring substituents is 1. The number of fused-ring (bicyclic) bond motifs is 2. The maximum Gasteiger partial charge on any atom is 0.323 e. The van der Waals surface area contributed by atoms with Crippen LogP contribution in [0.5, 0.6) is 0 Å². The number of anilines is 3. The largest absolute Gasteiger partial charge is 0.395 e. The molecule has 12 heteroatoms. The number of nitrogens with zero attached hydrogens (tertiary/aromatic N) is 5. The number of hydrogen-bond acceptors (Lipinski definition) is 11. The Morgan fingerprint density at radius 1 is 1.04 bits per heavy atom. The maximum atomic E-state index is 11.4. The van der Waals surface area contributed by atoms with Crippen LogP contribution in [0.25, 0.3) is 22.1 Å². The molecule has 0 aliphatic heterocycles. The highest BCUT2D eigenvalue weighted by atomic mass is 16.6. The van der Waals surface area contributed by atoms with E-state index in [0.29, 0.717) is 22.4 Å². The summed E-state index contributed by atoms with van der Waals surface area (Å²) in [6, 6.07) is 6.72. The van der Waals surface area contributed by atoms with Crippen LogP contribution < -0.4 is 10.6 Å². The molecule has 4 aromatic rings. The third kappa shape index (κ3) is 2.53. The Labute approximate surface area is 143 Å². The molecular weight excluding hydrogens is 346 g/mol. The van der Waals surface area contributed by atoms with Gasteiger partial charge in [0.05, 0.1) is 22.9 Å². The van der Waals surface area contributed by atoms with Crippen molar-refractivity contribution in [2.24, 2.45) is 0 Å². The van der Waals surface area contributed by atoms with Crippen molar-refractivity contribution >= 4 is 44.8 Å². The van der Waals surface area contributed by atoms with E-state index >= 15 is 0 Å². The van der Waals surface area contributed by atoms with Gasteiger partial charge in [0.25, 0.3) is 0 Å². The van der Waals surface area contributed by atoms with Crippen LogP contribution in [-0.2, 0) is 0 Å². The molecule has 0 aliphatic carbocycles. The lowest BCUT2D eigenvalue weighted by Gasteiger charge is -2.10. The summed E-state index contributed by atoms with van der Waals surface area (Å²) in [5.41, 5.74) is 2.04. The lowest BCUT2D eigenvalue weighted by atomic mass is 10.1. The Bertz CT molecular complexity index is 1110. The van der Waals surface area contributed by atoms with E-state index in [0.717, 1.165) is 0 Å². The second kappa shape index (κ2) is 6.25. The first-order valence-electron chi connectivity index (χ1n) is 7.45. The summed E-state index contributed by atoms with van der Waals surface area (Å²) in [6.45, 7) is -0.0706. The second-order valence-corrected chi connectivity index (χ2v) is 5.25. The van der Waals surface area contributed by atoms with Crippen molar-refractivity contribution in [3.63, 3.8) is 0 Å². The monoisotopic (exact) mass is 357 g/mol. The number of aromatic nitrogens is 4. The maximum absolute atomic E-state index is 11.4. The zero-order chi connectivity index (χ0) is 18.1. The first-order valence-corrected chi connectivity index (χ1v) is 7.45. The lowest BCUT2D eigenvalue weighted by molar-refractivity contribution is -0.382. The van der Waals surface area contributed by atoms with Crippen LogP contribution in [-0.4, -0.2) is 43.8 Å². The van der Waals surface area contributed by atoms with Crippen LogP contribution in [0.4, 0.5) is 22.7 Å². The van der Waals surface area contributed by atoms with E-state index in [1.165, 1.54) is 6.07 Å². The SMILES string of the molecule is O=[N+]([O-])c1c(NCCO)cc(Nc2cccc3nonc23)c2nonc12. The number of nitrogens with one attached hydrogen (secondary N) is 2. The molecule has 2 aromatic carbocycles. The van der Waals surface area contributed by atoms with Gasteiger partial charge in [0.2, 0.25) is 5.52 Å². The number of nitro groups is 1. The van der Waals surface area contributed by atoms with Crippen LogP contribution in [0.3, 0.4) is 0 Å². The van der Waals surface area contributed by atoms with E-state index in [9.17, 15) is 10.1 Å². The van der Waals surface area contributed by atoms with Crippen molar-refractivity contribution in [2.45, 2.75) is 0 Å². The molecule has 0 atom stereocenters. The molecule has 0 radical (unpaired) electrons. The Kier molecular flexibility index (Phi) is 3.78.